The smallest absolute Gasteiger partial charge is 0.341 e. The lowest BCUT2D eigenvalue weighted by atomic mass is 10.2. The SMILES string of the molecule is COc1cc(CN)cc(Oc2nnc3ccccc3n2)c1. The summed E-state index contributed by atoms with van der Waals surface area (Å²) in [6, 6.07) is 13.1. The summed E-state index contributed by atoms with van der Waals surface area (Å²) < 4.78 is 10.9. The van der Waals surface area contributed by atoms with Crippen LogP contribution in [0.2, 0.25) is 0 Å². The van der Waals surface area contributed by atoms with Crippen molar-refractivity contribution in [2.75, 3.05) is 7.11 Å². The summed E-state index contributed by atoms with van der Waals surface area (Å²) in [4.78, 5) is 4.31. The molecule has 0 atom stereocenters. The van der Waals surface area contributed by atoms with Crippen LogP contribution in [0, 0.1) is 0 Å². The van der Waals surface area contributed by atoms with Gasteiger partial charge in [0.2, 0.25) is 0 Å². The molecule has 2 aromatic carbocycles. The van der Waals surface area contributed by atoms with E-state index in [2.05, 4.69) is 15.2 Å². The number of rotatable bonds is 4. The molecule has 6 heteroatoms. The maximum Gasteiger partial charge on any atom is 0.341 e. The third-order valence-corrected chi connectivity index (χ3v) is 2.96. The van der Waals surface area contributed by atoms with Gasteiger partial charge in [-0.3, -0.25) is 0 Å². The van der Waals surface area contributed by atoms with Gasteiger partial charge in [0.15, 0.2) is 0 Å². The zero-order valence-electron chi connectivity index (χ0n) is 11.5. The minimum atomic E-state index is 0.185. The van der Waals surface area contributed by atoms with E-state index in [0.29, 0.717) is 18.0 Å². The van der Waals surface area contributed by atoms with Gasteiger partial charge in [-0.25, -0.2) is 0 Å². The molecular formula is C15H14N4O2. The summed E-state index contributed by atoms with van der Waals surface area (Å²) in [6.45, 7) is 0.393. The predicted molar refractivity (Wildman–Crippen MR) is 78.3 cm³/mol. The number of nitrogens with two attached hydrogens (primary N) is 1. The van der Waals surface area contributed by atoms with Gasteiger partial charge in [-0.1, -0.05) is 17.2 Å². The van der Waals surface area contributed by atoms with E-state index in [1.165, 1.54) is 0 Å². The second kappa shape index (κ2) is 5.72. The van der Waals surface area contributed by atoms with Crippen LogP contribution in [-0.4, -0.2) is 22.3 Å². The minimum absolute atomic E-state index is 0.185. The Morgan fingerprint density at radius 1 is 1.00 bits per heavy atom. The highest BCUT2D eigenvalue weighted by Gasteiger charge is 2.06. The predicted octanol–water partition coefficient (Wildman–Crippen LogP) is 2.28. The third kappa shape index (κ3) is 2.90. The molecule has 3 aromatic rings. The van der Waals surface area contributed by atoms with E-state index in [4.69, 9.17) is 15.2 Å². The van der Waals surface area contributed by atoms with Crippen LogP contribution in [-0.2, 0) is 6.54 Å². The number of benzene rings is 2. The fraction of sp³-hybridized carbons (Fsp3) is 0.133. The molecule has 0 saturated carbocycles. The number of methoxy groups -OCH3 is 1. The molecule has 0 radical (unpaired) electrons. The van der Waals surface area contributed by atoms with Crippen LogP contribution in [0.4, 0.5) is 0 Å². The lowest BCUT2D eigenvalue weighted by Gasteiger charge is -2.08. The molecule has 1 aromatic heterocycles. The lowest BCUT2D eigenvalue weighted by molar-refractivity contribution is 0.402. The molecule has 0 bridgehead atoms. The van der Waals surface area contributed by atoms with Crippen molar-refractivity contribution in [3.05, 3.63) is 48.0 Å². The number of hydrogen-bond donors (Lipinski definition) is 1. The Labute approximate surface area is 121 Å². The fourth-order valence-electron chi connectivity index (χ4n) is 1.94. The molecule has 3 rings (SSSR count). The first-order valence-corrected chi connectivity index (χ1v) is 6.44. The van der Waals surface area contributed by atoms with E-state index in [-0.39, 0.29) is 6.01 Å². The molecule has 0 amide bonds. The van der Waals surface area contributed by atoms with Crippen molar-refractivity contribution in [1.29, 1.82) is 0 Å². The van der Waals surface area contributed by atoms with Crippen molar-refractivity contribution in [3.63, 3.8) is 0 Å². The summed E-state index contributed by atoms with van der Waals surface area (Å²) >= 11 is 0. The number of para-hydroxylation sites is 1. The van der Waals surface area contributed by atoms with Gasteiger partial charge in [-0.2, -0.15) is 4.98 Å². The van der Waals surface area contributed by atoms with E-state index >= 15 is 0 Å². The number of aromatic nitrogens is 3. The van der Waals surface area contributed by atoms with Gasteiger partial charge >= 0.3 is 6.01 Å². The highest BCUT2D eigenvalue weighted by molar-refractivity contribution is 5.73. The largest absolute Gasteiger partial charge is 0.497 e. The fourth-order valence-corrected chi connectivity index (χ4v) is 1.94. The van der Waals surface area contributed by atoms with E-state index in [9.17, 15) is 0 Å². The van der Waals surface area contributed by atoms with Crippen LogP contribution in [0.1, 0.15) is 5.56 Å². The third-order valence-electron chi connectivity index (χ3n) is 2.96. The van der Waals surface area contributed by atoms with Gasteiger partial charge in [0.1, 0.15) is 17.0 Å². The topological polar surface area (TPSA) is 83.2 Å². The Morgan fingerprint density at radius 3 is 2.52 bits per heavy atom. The van der Waals surface area contributed by atoms with E-state index in [0.717, 1.165) is 16.6 Å². The molecule has 0 aliphatic heterocycles. The normalized spacial score (nSPS) is 10.6. The summed E-state index contributed by atoms with van der Waals surface area (Å²) in [5, 5.41) is 8.03. The molecule has 2 N–H and O–H groups in total. The standard InChI is InChI=1S/C15H14N4O2/c1-20-11-6-10(9-16)7-12(8-11)21-15-17-13-4-2-3-5-14(13)18-19-15/h2-8H,9,16H2,1H3. The van der Waals surface area contributed by atoms with E-state index in [1.807, 2.05) is 36.4 Å². The molecule has 0 aliphatic carbocycles. The maximum atomic E-state index is 5.66. The van der Waals surface area contributed by atoms with Gasteiger partial charge < -0.3 is 15.2 Å². The quantitative estimate of drug-likeness (QED) is 0.790. The average molecular weight is 282 g/mol. The first kappa shape index (κ1) is 13.3. The van der Waals surface area contributed by atoms with Crippen LogP contribution in [0.25, 0.3) is 11.0 Å². The van der Waals surface area contributed by atoms with Crippen molar-refractivity contribution < 1.29 is 9.47 Å². The van der Waals surface area contributed by atoms with E-state index in [1.54, 1.807) is 13.2 Å². The Kier molecular flexibility index (Phi) is 3.61. The van der Waals surface area contributed by atoms with Crippen molar-refractivity contribution in [2.24, 2.45) is 5.73 Å². The van der Waals surface area contributed by atoms with Crippen molar-refractivity contribution >= 4 is 11.0 Å². The molecule has 0 aliphatic rings. The van der Waals surface area contributed by atoms with Crippen molar-refractivity contribution in [2.45, 2.75) is 6.54 Å². The zero-order valence-corrected chi connectivity index (χ0v) is 11.5. The lowest BCUT2D eigenvalue weighted by Crippen LogP contribution is -1.99. The molecular weight excluding hydrogens is 268 g/mol. The van der Waals surface area contributed by atoms with E-state index < -0.39 is 0 Å². The van der Waals surface area contributed by atoms with Gasteiger partial charge in [0, 0.05) is 12.6 Å². The number of fused-ring (bicyclic) bond motifs is 1. The average Bonchev–Trinajstić information content (AvgIpc) is 2.54. The van der Waals surface area contributed by atoms with Crippen LogP contribution in [0.5, 0.6) is 17.5 Å². The first-order valence-electron chi connectivity index (χ1n) is 6.44. The maximum absolute atomic E-state index is 5.66. The molecule has 106 valence electrons. The van der Waals surface area contributed by atoms with Gasteiger partial charge in [0.25, 0.3) is 0 Å². The molecule has 0 saturated heterocycles. The molecule has 0 fully saturated rings. The zero-order chi connectivity index (χ0) is 14.7. The summed E-state index contributed by atoms with van der Waals surface area (Å²) in [5.74, 6) is 1.23. The number of nitrogens with zero attached hydrogens (tertiary/aromatic N) is 3. The monoisotopic (exact) mass is 282 g/mol. The van der Waals surface area contributed by atoms with Gasteiger partial charge in [-0.05, 0) is 29.8 Å². The van der Waals surface area contributed by atoms with Gasteiger partial charge in [0.05, 0.1) is 12.6 Å². The van der Waals surface area contributed by atoms with Crippen molar-refractivity contribution in [3.8, 4) is 17.5 Å². The molecule has 6 nitrogen and oxygen atoms in total. The second-order valence-corrected chi connectivity index (χ2v) is 4.41. The summed E-state index contributed by atoms with van der Waals surface area (Å²) in [7, 11) is 1.59. The van der Waals surface area contributed by atoms with Gasteiger partial charge in [-0.15, -0.1) is 5.10 Å². The highest BCUT2D eigenvalue weighted by Crippen LogP contribution is 2.25. The van der Waals surface area contributed by atoms with Crippen LogP contribution in [0.3, 0.4) is 0 Å². The summed E-state index contributed by atoms with van der Waals surface area (Å²) in [5.41, 5.74) is 8.00. The Balaban J connectivity index is 1.94. The van der Waals surface area contributed by atoms with Crippen LogP contribution >= 0.6 is 0 Å². The highest BCUT2D eigenvalue weighted by atomic mass is 16.5. The van der Waals surface area contributed by atoms with Crippen molar-refractivity contribution in [1.82, 2.24) is 15.2 Å². The van der Waals surface area contributed by atoms with Crippen LogP contribution in [0.15, 0.2) is 42.5 Å². The number of ether oxygens (including phenoxy) is 2. The molecule has 1 heterocycles. The Bertz CT molecular complexity index is 754. The molecule has 0 spiro atoms. The first-order chi connectivity index (χ1) is 10.3. The Morgan fingerprint density at radius 2 is 1.76 bits per heavy atom. The molecule has 0 unspecified atom stereocenters. The Hall–Kier alpha value is -2.73. The minimum Gasteiger partial charge on any atom is -0.497 e. The molecule has 21 heavy (non-hydrogen) atoms. The summed E-state index contributed by atoms with van der Waals surface area (Å²) in [6.07, 6.45) is 0. The number of hydrogen-bond acceptors (Lipinski definition) is 6. The van der Waals surface area contributed by atoms with Crippen LogP contribution < -0.4 is 15.2 Å². The second-order valence-electron chi connectivity index (χ2n) is 4.41.